The summed E-state index contributed by atoms with van der Waals surface area (Å²) in [5, 5.41) is 0.533. The highest BCUT2D eigenvalue weighted by molar-refractivity contribution is 6.44. The first kappa shape index (κ1) is 21.1. The van der Waals surface area contributed by atoms with Crippen molar-refractivity contribution in [3.8, 4) is 5.75 Å². The van der Waals surface area contributed by atoms with Crippen molar-refractivity contribution >= 4 is 28.6 Å². The largest absolute Gasteiger partial charge is 0.479 e. The molecule has 1 atom stereocenters. The lowest BCUT2D eigenvalue weighted by Crippen LogP contribution is -2.28. The number of nitrogens with two attached hydrogens (primary N) is 1. The van der Waals surface area contributed by atoms with Gasteiger partial charge in [-0.2, -0.15) is 0 Å². The van der Waals surface area contributed by atoms with Crippen molar-refractivity contribution < 1.29 is 23.9 Å². The number of rotatable bonds is 9. The molecule has 3 aromatic rings. The van der Waals surface area contributed by atoms with Crippen molar-refractivity contribution in [2.45, 2.75) is 32.9 Å². The van der Waals surface area contributed by atoms with E-state index in [9.17, 15) is 14.4 Å². The fourth-order valence-electron chi connectivity index (χ4n) is 3.27. The standard InChI is InChI=1S/C23H24N2O5/c1-3-20(23(28)29-4-2)30-16-10-11-19-17(12-16)18(21(26)22(24)27)14-25(19)13-15-8-6-5-7-9-15/h5-12,14,20H,3-4,13H2,1-2H3,(H2,24,27). The average Bonchev–Trinajstić information content (AvgIpc) is 3.09. The molecule has 7 nitrogen and oxygen atoms in total. The third-order valence-corrected chi connectivity index (χ3v) is 4.72. The Morgan fingerprint density at radius 1 is 1.07 bits per heavy atom. The first-order valence-electron chi connectivity index (χ1n) is 9.78. The minimum Gasteiger partial charge on any atom is -0.479 e. The summed E-state index contributed by atoms with van der Waals surface area (Å²) < 4.78 is 12.7. The number of ketones is 1. The van der Waals surface area contributed by atoms with Crippen LogP contribution in [0.4, 0.5) is 0 Å². The number of esters is 1. The summed E-state index contributed by atoms with van der Waals surface area (Å²) in [4.78, 5) is 36.0. The van der Waals surface area contributed by atoms with Crippen molar-refractivity contribution in [2.24, 2.45) is 5.73 Å². The third-order valence-electron chi connectivity index (χ3n) is 4.72. The Balaban J connectivity index is 2.01. The predicted octanol–water partition coefficient (Wildman–Crippen LogP) is 3.08. The molecule has 2 N–H and O–H groups in total. The van der Waals surface area contributed by atoms with Crippen LogP contribution in [0.5, 0.6) is 5.75 Å². The monoisotopic (exact) mass is 408 g/mol. The normalized spacial score (nSPS) is 11.8. The molecule has 156 valence electrons. The topological polar surface area (TPSA) is 101 Å². The second-order valence-electron chi connectivity index (χ2n) is 6.80. The molecule has 0 saturated carbocycles. The number of carbonyl (C=O) groups is 3. The number of carbonyl (C=O) groups excluding carboxylic acids is 3. The molecule has 0 aliphatic heterocycles. The number of ether oxygens (including phenoxy) is 2. The molecule has 0 aliphatic carbocycles. The Morgan fingerprint density at radius 3 is 2.43 bits per heavy atom. The molecule has 0 fully saturated rings. The Labute approximate surface area is 174 Å². The predicted molar refractivity (Wildman–Crippen MR) is 112 cm³/mol. The van der Waals surface area contributed by atoms with Crippen LogP contribution < -0.4 is 10.5 Å². The molecule has 0 aliphatic rings. The minimum absolute atomic E-state index is 0.197. The number of hydrogen-bond acceptors (Lipinski definition) is 5. The van der Waals surface area contributed by atoms with Gasteiger partial charge in [-0.25, -0.2) is 4.79 Å². The van der Waals surface area contributed by atoms with E-state index in [1.165, 1.54) is 0 Å². The fourth-order valence-corrected chi connectivity index (χ4v) is 3.27. The zero-order valence-electron chi connectivity index (χ0n) is 17.0. The molecule has 1 heterocycles. The van der Waals surface area contributed by atoms with Gasteiger partial charge in [-0.05, 0) is 37.1 Å². The molecule has 0 spiro atoms. The van der Waals surface area contributed by atoms with E-state index in [0.717, 1.165) is 11.1 Å². The second kappa shape index (κ2) is 9.26. The number of hydrogen-bond donors (Lipinski definition) is 1. The quantitative estimate of drug-likeness (QED) is 0.333. The van der Waals surface area contributed by atoms with E-state index in [1.54, 1.807) is 31.3 Å². The smallest absolute Gasteiger partial charge is 0.347 e. The Kier molecular flexibility index (Phi) is 6.51. The van der Waals surface area contributed by atoms with Crippen molar-refractivity contribution in [1.82, 2.24) is 4.57 Å². The van der Waals surface area contributed by atoms with Gasteiger partial charge in [0, 0.05) is 23.6 Å². The third kappa shape index (κ3) is 4.51. The molecule has 1 aromatic heterocycles. The van der Waals surface area contributed by atoms with Crippen LogP contribution in [0.2, 0.25) is 0 Å². The van der Waals surface area contributed by atoms with Gasteiger partial charge in [-0.3, -0.25) is 9.59 Å². The molecule has 3 rings (SSSR count). The van der Waals surface area contributed by atoms with E-state index in [-0.39, 0.29) is 12.2 Å². The zero-order valence-corrected chi connectivity index (χ0v) is 17.0. The molecule has 0 saturated heterocycles. The Hall–Kier alpha value is -3.61. The maximum absolute atomic E-state index is 12.4. The summed E-state index contributed by atoms with van der Waals surface area (Å²) in [6.45, 7) is 4.33. The van der Waals surface area contributed by atoms with E-state index in [2.05, 4.69) is 0 Å². The number of nitrogens with zero attached hydrogens (tertiary/aromatic N) is 1. The van der Waals surface area contributed by atoms with Crippen LogP contribution in [-0.4, -0.2) is 34.9 Å². The maximum Gasteiger partial charge on any atom is 0.347 e. The second-order valence-corrected chi connectivity index (χ2v) is 6.80. The number of fused-ring (bicyclic) bond motifs is 1. The van der Waals surface area contributed by atoms with Crippen molar-refractivity contribution in [3.63, 3.8) is 0 Å². The van der Waals surface area contributed by atoms with Gasteiger partial charge in [0.2, 0.25) is 0 Å². The molecule has 2 aromatic carbocycles. The van der Waals surface area contributed by atoms with Crippen LogP contribution in [-0.2, 0) is 20.9 Å². The highest BCUT2D eigenvalue weighted by atomic mass is 16.6. The molecule has 0 bridgehead atoms. The highest BCUT2D eigenvalue weighted by Crippen LogP contribution is 2.28. The van der Waals surface area contributed by atoms with Gasteiger partial charge in [-0.1, -0.05) is 37.3 Å². The summed E-state index contributed by atoms with van der Waals surface area (Å²) in [5.41, 5.74) is 7.23. The summed E-state index contributed by atoms with van der Waals surface area (Å²) in [6.07, 6.45) is 1.29. The molecule has 1 unspecified atom stereocenters. The Bertz CT molecular complexity index is 1070. The van der Waals surface area contributed by atoms with Crippen LogP contribution in [0.3, 0.4) is 0 Å². The van der Waals surface area contributed by atoms with Gasteiger partial charge < -0.3 is 19.8 Å². The van der Waals surface area contributed by atoms with E-state index in [0.29, 0.717) is 24.1 Å². The lowest BCUT2D eigenvalue weighted by Gasteiger charge is -2.16. The molecule has 1 amide bonds. The SMILES string of the molecule is CCOC(=O)C(CC)Oc1ccc2c(c1)c(C(=O)C(N)=O)cn2Cc1ccccc1. The van der Waals surface area contributed by atoms with Gasteiger partial charge in [0.15, 0.2) is 6.10 Å². The lowest BCUT2D eigenvalue weighted by atomic mass is 10.1. The summed E-state index contributed by atoms with van der Waals surface area (Å²) >= 11 is 0. The molecule has 30 heavy (non-hydrogen) atoms. The van der Waals surface area contributed by atoms with E-state index < -0.39 is 23.8 Å². The van der Waals surface area contributed by atoms with E-state index in [4.69, 9.17) is 15.2 Å². The van der Waals surface area contributed by atoms with Gasteiger partial charge >= 0.3 is 5.97 Å². The van der Waals surface area contributed by atoms with E-state index >= 15 is 0 Å². The van der Waals surface area contributed by atoms with Crippen molar-refractivity contribution in [3.05, 3.63) is 65.9 Å². The minimum atomic E-state index is -1.03. The maximum atomic E-state index is 12.4. The van der Waals surface area contributed by atoms with Crippen LogP contribution in [0.25, 0.3) is 10.9 Å². The first-order valence-corrected chi connectivity index (χ1v) is 9.78. The van der Waals surface area contributed by atoms with Gasteiger partial charge in [0.1, 0.15) is 5.75 Å². The summed E-state index contributed by atoms with van der Waals surface area (Å²) in [5.74, 6) is -1.85. The van der Waals surface area contributed by atoms with Gasteiger partial charge in [-0.15, -0.1) is 0 Å². The molecular formula is C23H24N2O5. The number of primary amides is 1. The fraction of sp³-hybridized carbons (Fsp3) is 0.261. The van der Waals surface area contributed by atoms with Crippen LogP contribution >= 0.6 is 0 Å². The average molecular weight is 408 g/mol. The molecule has 7 heteroatoms. The van der Waals surface area contributed by atoms with Crippen LogP contribution in [0.15, 0.2) is 54.7 Å². The van der Waals surface area contributed by atoms with E-state index in [1.807, 2.05) is 41.8 Å². The van der Waals surface area contributed by atoms with Crippen LogP contribution in [0, 0.1) is 0 Å². The van der Waals surface area contributed by atoms with Crippen molar-refractivity contribution in [2.75, 3.05) is 6.61 Å². The van der Waals surface area contributed by atoms with Gasteiger partial charge in [0.25, 0.3) is 11.7 Å². The number of Topliss-reactive ketones (excluding diaryl/α,β-unsaturated/α-hetero) is 1. The summed E-state index contributed by atoms with van der Waals surface area (Å²) in [6, 6.07) is 14.9. The van der Waals surface area contributed by atoms with Crippen LogP contribution in [0.1, 0.15) is 36.2 Å². The number of aromatic nitrogens is 1. The van der Waals surface area contributed by atoms with Crippen molar-refractivity contribution in [1.29, 1.82) is 0 Å². The number of amides is 1. The first-order chi connectivity index (χ1) is 14.4. The molecular weight excluding hydrogens is 384 g/mol. The number of benzene rings is 2. The van der Waals surface area contributed by atoms with Gasteiger partial charge in [0.05, 0.1) is 12.2 Å². The highest BCUT2D eigenvalue weighted by Gasteiger charge is 2.23. The zero-order chi connectivity index (χ0) is 21.7. The Morgan fingerprint density at radius 2 is 1.80 bits per heavy atom. The molecule has 0 radical (unpaired) electrons. The lowest BCUT2D eigenvalue weighted by molar-refractivity contribution is -0.151. The summed E-state index contributed by atoms with van der Waals surface area (Å²) in [7, 11) is 0.